The largest absolute Gasteiger partial charge is 0.463 e. The molecule has 10 heteroatoms. The van der Waals surface area contributed by atoms with Gasteiger partial charge in [-0.1, -0.05) is 49.9 Å². The Labute approximate surface area is 206 Å². The lowest BCUT2D eigenvalue weighted by atomic mass is 9.91. The second kappa shape index (κ2) is 10.1. The Morgan fingerprint density at radius 3 is 2.49 bits per heavy atom. The third-order valence-corrected chi connectivity index (χ3v) is 7.01. The number of ether oxygens (including phenoxy) is 1. The van der Waals surface area contributed by atoms with E-state index in [2.05, 4.69) is 10.3 Å². The molecule has 0 radical (unpaired) electrons. The van der Waals surface area contributed by atoms with Crippen LogP contribution in [0.3, 0.4) is 0 Å². The molecule has 0 bridgehead atoms. The predicted octanol–water partition coefficient (Wildman–Crippen LogP) is 5.41. The molecule has 1 amide bonds. The minimum Gasteiger partial charge on any atom is -0.463 e. The highest BCUT2D eigenvalue weighted by Gasteiger charge is 2.49. The monoisotopic (exact) mass is 507 g/mol. The highest BCUT2D eigenvalue weighted by Crippen LogP contribution is 2.48. The number of hydrogen-bond acceptors (Lipinski definition) is 6. The normalized spacial score (nSPS) is 20.0. The summed E-state index contributed by atoms with van der Waals surface area (Å²) in [4.78, 5) is 30.9. The molecule has 6 nitrogen and oxygen atoms in total. The average molecular weight is 508 g/mol. The van der Waals surface area contributed by atoms with Crippen LogP contribution in [0.2, 0.25) is 0 Å². The second-order valence-corrected chi connectivity index (χ2v) is 9.96. The molecule has 1 atom stereocenters. The van der Waals surface area contributed by atoms with Crippen molar-refractivity contribution in [1.29, 1.82) is 0 Å². The van der Waals surface area contributed by atoms with Gasteiger partial charge in [0.05, 0.1) is 24.6 Å². The van der Waals surface area contributed by atoms with Gasteiger partial charge in [-0.15, -0.1) is 0 Å². The van der Waals surface area contributed by atoms with Gasteiger partial charge in [0, 0.05) is 12.2 Å². The third-order valence-electron chi connectivity index (χ3n) is 6.12. The van der Waals surface area contributed by atoms with Gasteiger partial charge in [0.2, 0.25) is 5.91 Å². The zero-order valence-electron chi connectivity index (χ0n) is 19.8. The van der Waals surface area contributed by atoms with E-state index in [0.29, 0.717) is 23.7 Å². The number of carbonyl (C=O) groups is 2. The molecule has 4 rings (SSSR count). The number of nitrogens with one attached hydrogen (secondary N) is 1. The van der Waals surface area contributed by atoms with Crippen molar-refractivity contribution >= 4 is 28.8 Å². The molecule has 1 aromatic rings. The molecule has 0 aromatic heterocycles. The fourth-order valence-corrected chi connectivity index (χ4v) is 4.99. The fourth-order valence-electron chi connectivity index (χ4n) is 4.07. The van der Waals surface area contributed by atoms with E-state index in [1.165, 1.54) is 6.92 Å². The third kappa shape index (κ3) is 5.58. The number of hydrogen-bond donors (Lipinski definition) is 1. The molecule has 35 heavy (non-hydrogen) atoms. The second-order valence-electron chi connectivity index (χ2n) is 9.12. The van der Waals surface area contributed by atoms with Crippen molar-refractivity contribution in [3.63, 3.8) is 0 Å². The van der Waals surface area contributed by atoms with Crippen molar-refractivity contribution in [3.8, 4) is 0 Å². The van der Waals surface area contributed by atoms with Crippen LogP contribution in [-0.4, -0.2) is 41.3 Å². The van der Waals surface area contributed by atoms with Crippen LogP contribution in [0.15, 0.2) is 51.6 Å². The zero-order chi connectivity index (χ0) is 25.3. The summed E-state index contributed by atoms with van der Waals surface area (Å²) >= 11 is 1.01. The van der Waals surface area contributed by atoms with Crippen LogP contribution >= 0.6 is 11.8 Å². The topological polar surface area (TPSA) is 71.0 Å². The van der Waals surface area contributed by atoms with Gasteiger partial charge >= 0.3 is 12.1 Å². The highest BCUT2D eigenvalue weighted by atomic mass is 32.2. The summed E-state index contributed by atoms with van der Waals surface area (Å²) in [5, 5.41) is 4.60. The maximum absolute atomic E-state index is 14.1. The molecule has 1 aliphatic carbocycles. The Balaban J connectivity index is 1.76. The van der Waals surface area contributed by atoms with E-state index >= 15 is 0 Å². The molecule has 1 N–H and O–H groups in total. The maximum Gasteiger partial charge on any atom is 0.434 e. The summed E-state index contributed by atoms with van der Waals surface area (Å²) in [5.74, 6) is -0.568. The SMILES string of the molecule is CCOC(=O)C1=C(C(F)(F)F)N=C2SC=C(CC(=O)NCC3CC3)N2[C@@H]1c1ccc(C(C)C)cc1. The molecule has 0 saturated heterocycles. The van der Waals surface area contributed by atoms with Crippen LogP contribution in [0.1, 0.15) is 63.1 Å². The Morgan fingerprint density at radius 2 is 1.91 bits per heavy atom. The summed E-state index contributed by atoms with van der Waals surface area (Å²) in [6.07, 6.45) is -2.72. The van der Waals surface area contributed by atoms with E-state index in [9.17, 15) is 22.8 Å². The molecule has 3 aliphatic rings. The van der Waals surface area contributed by atoms with Gasteiger partial charge in [0.25, 0.3) is 0 Å². The number of carbonyl (C=O) groups excluding carboxylic acids is 2. The van der Waals surface area contributed by atoms with E-state index in [1.54, 1.807) is 22.4 Å². The van der Waals surface area contributed by atoms with Crippen molar-refractivity contribution in [2.75, 3.05) is 13.2 Å². The molecular weight excluding hydrogens is 479 g/mol. The fraction of sp³-hybridized carbons (Fsp3) is 0.480. The Bertz CT molecular complexity index is 1090. The van der Waals surface area contributed by atoms with Crippen LogP contribution in [0.4, 0.5) is 13.2 Å². The van der Waals surface area contributed by atoms with Gasteiger partial charge < -0.3 is 15.0 Å². The summed E-state index contributed by atoms with van der Waals surface area (Å²) in [7, 11) is 0. The number of allylic oxidation sites excluding steroid dienone is 1. The number of benzene rings is 1. The van der Waals surface area contributed by atoms with E-state index in [1.807, 2.05) is 26.0 Å². The Kier molecular flexibility index (Phi) is 7.30. The molecule has 188 valence electrons. The first-order valence-electron chi connectivity index (χ1n) is 11.7. The van der Waals surface area contributed by atoms with Gasteiger partial charge in [0.15, 0.2) is 10.9 Å². The predicted molar refractivity (Wildman–Crippen MR) is 128 cm³/mol. The standard InChI is InChI=1S/C25H28F3N3O3S/c1-4-34-23(33)20-21(17-9-7-16(8-10-17)14(2)3)31-18(11-19(32)29-12-15-5-6-15)13-35-24(31)30-22(20)25(26,27)28/h7-10,13-15,21H,4-6,11-12H2,1-3H3,(H,29,32)/t21-/m1/s1. The van der Waals surface area contributed by atoms with Gasteiger partial charge in [-0.2, -0.15) is 13.2 Å². The lowest BCUT2D eigenvalue weighted by Gasteiger charge is -2.37. The number of amidine groups is 1. The smallest absolute Gasteiger partial charge is 0.434 e. The molecule has 0 spiro atoms. The molecule has 1 aromatic carbocycles. The number of halogens is 3. The number of esters is 1. The van der Waals surface area contributed by atoms with Crippen LogP contribution in [0.25, 0.3) is 0 Å². The molecule has 2 aliphatic heterocycles. The Morgan fingerprint density at radius 1 is 1.23 bits per heavy atom. The van der Waals surface area contributed by atoms with Crippen LogP contribution in [0.5, 0.6) is 0 Å². The molecule has 1 saturated carbocycles. The molecule has 0 unspecified atom stereocenters. The first-order valence-corrected chi connectivity index (χ1v) is 12.6. The first-order chi connectivity index (χ1) is 16.6. The quantitative estimate of drug-likeness (QED) is 0.477. The van der Waals surface area contributed by atoms with Crippen molar-refractivity contribution in [2.24, 2.45) is 10.9 Å². The van der Waals surface area contributed by atoms with Gasteiger partial charge in [-0.3, -0.25) is 4.79 Å². The number of fused-ring (bicyclic) bond motifs is 1. The average Bonchev–Trinajstić information content (AvgIpc) is 3.56. The zero-order valence-corrected chi connectivity index (χ0v) is 20.6. The summed E-state index contributed by atoms with van der Waals surface area (Å²) in [6.45, 7) is 6.09. The van der Waals surface area contributed by atoms with E-state index in [4.69, 9.17) is 4.74 Å². The van der Waals surface area contributed by atoms with Crippen molar-refractivity contribution in [2.45, 2.75) is 58.2 Å². The van der Waals surface area contributed by atoms with Crippen LogP contribution in [0, 0.1) is 5.92 Å². The minimum atomic E-state index is -4.86. The van der Waals surface area contributed by atoms with Crippen molar-refractivity contribution in [1.82, 2.24) is 10.2 Å². The van der Waals surface area contributed by atoms with E-state index in [0.717, 1.165) is 30.2 Å². The molecule has 2 heterocycles. The molecular formula is C25H28F3N3O3S. The number of amides is 1. The number of aliphatic imine (C=N–C) groups is 1. The number of thioether (sulfide) groups is 1. The van der Waals surface area contributed by atoms with Gasteiger partial charge in [-0.05, 0) is 48.1 Å². The summed E-state index contributed by atoms with van der Waals surface area (Å²) in [6, 6.07) is 6.01. The van der Waals surface area contributed by atoms with Gasteiger partial charge in [-0.25, -0.2) is 9.79 Å². The van der Waals surface area contributed by atoms with E-state index in [-0.39, 0.29) is 30.0 Å². The first kappa shape index (κ1) is 25.3. The number of alkyl halides is 3. The molecule has 1 fully saturated rings. The van der Waals surface area contributed by atoms with Crippen LogP contribution in [-0.2, 0) is 14.3 Å². The minimum absolute atomic E-state index is 0.0310. The van der Waals surface area contributed by atoms with Gasteiger partial charge in [0.1, 0.15) is 0 Å². The highest BCUT2D eigenvalue weighted by molar-refractivity contribution is 8.16. The maximum atomic E-state index is 14.1. The summed E-state index contributed by atoms with van der Waals surface area (Å²) < 4.78 is 47.4. The lowest BCUT2D eigenvalue weighted by Crippen LogP contribution is -2.40. The van der Waals surface area contributed by atoms with Crippen LogP contribution < -0.4 is 5.32 Å². The lowest BCUT2D eigenvalue weighted by molar-refractivity contribution is -0.140. The number of rotatable bonds is 8. The van der Waals surface area contributed by atoms with Crippen molar-refractivity contribution in [3.05, 3.63) is 57.8 Å². The summed E-state index contributed by atoms with van der Waals surface area (Å²) in [5.41, 5.74) is 0.149. The van der Waals surface area contributed by atoms with Crippen molar-refractivity contribution < 1.29 is 27.5 Å². The Hall–Kier alpha value is -2.75. The number of nitrogens with zero attached hydrogens (tertiary/aromatic N) is 2. The van der Waals surface area contributed by atoms with E-state index < -0.39 is 29.5 Å².